The number of nitrogens with zero attached hydrogens (tertiary/aromatic N) is 6. The van der Waals surface area contributed by atoms with Gasteiger partial charge in [0.2, 0.25) is 0 Å². The van der Waals surface area contributed by atoms with Gasteiger partial charge in [0.05, 0.1) is 17.4 Å². The summed E-state index contributed by atoms with van der Waals surface area (Å²) in [5.74, 6) is -0.267. The highest BCUT2D eigenvalue weighted by molar-refractivity contribution is 6.11. The van der Waals surface area contributed by atoms with Gasteiger partial charge in [0.25, 0.3) is 5.91 Å². The maximum Gasteiger partial charge on any atom is 0.276 e. The Labute approximate surface area is 211 Å². The molecule has 1 aliphatic heterocycles. The summed E-state index contributed by atoms with van der Waals surface area (Å²) in [6, 6.07) is 10.1. The minimum Gasteiger partial charge on any atom is -0.319 e. The number of fused-ring (bicyclic) bond motifs is 1. The fourth-order valence-corrected chi connectivity index (χ4v) is 4.56. The number of hydrogen-bond acceptors (Lipinski definition) is 7. The zero-order valence-electron chi connectivity index (χ0n) is 21.0. The molecule has 1 saturated heterocycles. The number of aromatic nitrogens is 4. The number of H-pyrrole nitrogens is 1. The predicted molar refractivity (Wildman–Crippen MR) is 142 cm³/mol. The molecule has 9 heteroatoms. The van der Waals surface area contributed by atoms with E-state index >= 15 is 0 Å². The second kappa shape index (κ2) is 10.5. The molecule has 3 aromatic heterocycles. The van der Waals surface area contributed by atoms with Crippen molar-refractivity contribution in [2.24, 2.45) is 0 Å². The Kier molecular flexibility index (Phi) is 7.04. The fourth-order valence-electron chi connectivity index (χ4n) is 4.56. The lowest BCUT2D eigenvalue weighted by molar-refractivity contribution is 0.102. The highest BCUT2D eigenvalue weighted by Crippen LogP contribution is 2.26. The summed E-state index contributed by atoms with van der Waals surface area (Å²) in [6.07, 6.45) is 7.26. The largest absolute Gasteiger partial charge is 0.319 e. The lowest BCUT2D eigenvalue weighted by Crippen LogP contribution is -2.43. The van der Waals surface area contributed by atoms with E-state index in [1.807, 2.05) is 57.0 Å². The topological polar surface area (TPSA) is 93.3 Å². The number of hydrogen-bond donors (Lipinski definition) is 2. The van der Waals surface area contributed by atoms with E-state index in [9.17, 15) is 4.79 Å². The van der Waals surface area contributed by atoms with Crippen LogP contribution in [0.25, 0.3) is 22.0 Å². The molecule has 2 N–H and O–H groups in total. The normalized spacial score (nSPS) is 15.0. The van der Waals surface area contributed by atoms with Gasteiger partial charge in [-0.1, -0.05) is 6.07 Å². The van der Waals surface area contributed by atoms with Crippen LogP contribution in [0.1, 0.15) is 21.6 Å². The number of rotatable bonds is 7. The zero-order chi connectivity index (χ0) is 25.1. The van der Waals surface area contributed by atoms with Crippen molar-refractivity contribution in [1.82, 2.24) is 34.9 Å². The molecule has 1 amide bonds. The van der Waals surface area contributed by atoms with Crippen LogP contribution >= 0.6 is 0 Å². The van der Waals surface area contributed by atoms with Crippen LogP contribution in [0.15, 0.2) is 55.1 Å². The number of pyridine rings is 2. The van der Waals surface area contributed by atoms with E-state index in [0.29, 0.717) is 11.4 Å². The van der Waals surface area contributed by atoms with Crippen molar-refractivity contribution in [2.45, 2.75) is 13.1 Å². The molecular weight excluding hydrogens is 452 g/mol. The lowest BCUT2D eigenvalue weighted by Gasteiger charge is -2.32. The van der Waals surface area contributed by atoms with E-state index in [1.165, 1.54) is 0 Å². The van der Waals surface area contributed by atoms with E-state index in [1.54, 1.807) is 6.20 Å². The first kappa shape index (κ1) is 24.1. The Morgan fingerprint density at radius 1 is 0.972 bits per heavy atom. The van der Waals surface area contributed by atoms with Crippen molar-refractivity contribution >= 4 is 22.5 Å². The quantitative estimate of drug-likeness (QED) is 0.416. The predicted octanol–water partition coefficient (Wildman–Crippen LogP) is 3.08. The summed E-state index contributed by atoms with van der Waals surface area (Å²) < 4.78 is 0. The monoisotopic (exact) mass is 484 g/mol. The molecule has 4 aromatic rings. The van der Waals surface area contributed by atoms with Crippen LogP contribution in [-0.2, 0) is 13.1 Å². The van der Waals surface area contributed by atoms with Crippen molar-refractivity contribution in [2.75, 3.05) is 52.6 Å². The Balaban J connectivity index is 1.34. The van der Waals surface area contributed by atoms with E-state index in [0.717, 1.165) is 72.4 Å². The van der Waals surface area contributed by atoms with Gasteiger partial charge < -0.3 is 15.1 Å². The highest BCUT2D eigenvalue weighted by Gasteiger charge is 2.17. The first-order valence-corrected chi connectivity index (χ1v) is 12.2. The molecular formula is C27H32N8O. The standard InChI is InChI=1S/C27H32N8O/c1-33(2)17-19-10-22(15-28-13-19)21-4-5-25-24(12-21)26(32-31-25)27(36)30-23-11-20(14-29-16-23)18-35-8-6-34(3)7-9-35/h4-5,10-16H,6-9,17-18H2,1-3H3,(H,30,36)(H,31,32). The fraction of sp³-hybridized carbons (Fsp3) is 0.333. The minimum atomic E-state index is -0.267. The SMILES string of the molecule is CN(C)Cc1cncc(-c2ccc3[nH]nc(C(=O)Nc4cncc(CN5CCN(C)CC5)c4)c3c2)c1. The molecule has 1 fully saturated rings. The van der Waals surface area contributed by atoms with Gasteiger partial charge >= 0.3 is 0 Å². The minimum absolute atomic E-state index is 0.267. The summed E-state index contributed by atoms with van der Waals surface area (Å²) in [5, 5.41) is 11.0. The molecule has 0 saturated carbocycles. The number of carbonyl (C=O) groups excluding carboxylic acids is 1. The summed E-state index contributed by atoms with van der Waals surface area (Å²) >= 11 is 0. The number of carbonyl (C=O) groups is 1. The highest BCUT2D eigenvalue weighted by atomic mass is 16.1. The Morgan fingerprint density at radius 3 is 2.56 bits per heavy atom. The van der Waals surface area contributed by atoms with Crippen LogP contribution in [0.3, 0.4) is 0 Å². The van der Waals surface area contributed by atoms with Gasteiger partial charge in [-0.25, -0.2) is 0 Å². The second-order valence-electron chi connectivity index (χ2n) is 9.77. The van der Waals surface area contributed by atoms with E-state index in [2.05, 4.69) is 53.3 Å². The molecule has 1 aliphatic rings. The van der Waals surface area contributed by atoms with Crippen LogP contribution in [0.5, 0.6) is 0 Å². The van der Waals surface area contributed by atoms with Gasteiger partial charge in [-0.3, -0.25) is 24.8 Å². The molecule has 186 valence electrons. The smallest absolute Gasteiger partial charge is 0.276 e. The van der Waals surface area contributed by atoms with Gasteiger partial charge in [0.15, 0.2) is 5.69 Å². The summed E-state index contributed by atoms with van der Waals surface area (Å²) in [7, 11) is 6.22. The van der Waals surface area contributed by atoms with Gasteiger partial charge in [-0.2, -0.15) is 5.10 Å². The van der Waals surface area contributed by atoms with E-state index < -0.39 is 0 Å². The number of benzene rings is 1. The molecule has 0 radical (unpaired) electrons. The van der Waals surface area contributed by atoms with E-state index in [4.69, 9.17) is 0 Å². The summed E-state index contributed by atoms with van der Waals surface area (Å²) in [6.45, 7) is 5.82. The Hall–Kier alpha value is -3.66. The van der Waals surface area contributed by atoms with Crippen molar-refractivity contribution in [3.8, 4) is 11.1 Å². The first-order chi connectivity index (χ1) is 17.4. The maximum atomic E-state index is 13.2. The summed E-state index contributed by atoms with van der Waals surface area (Å²) in [4.78, 5) is 28.8. The van der Waals surface area contributed by atoms with Crippen LogP contribution in [0, 0.1) is 0 Å². The van der Waals surface area contributed by atoms with Crippen molar-refractivity contribution in [3.05, 3.63) is 71.9 Å². The number of anilines is 1. The third-order valence-corrected chi connectivity index (χ3v) is 6.46. The molecule has 36 heavy (non-hydrogen) atoms. The van der Waals surface area contributed by atoms with Crippen molar-refractivity contribution < 1.29 is 4.79 Å². The third kappa shape index (κ3) is 5.59. The van der Waals surface area contributed by atoms with Gasteiger partial charge in [-0.05, 0) is 62.1 Å². The molecule has 5 rings (SSSR count). The number of piperazine rings is 1. The van der Waals surface area contributed by atoms with Gasteiger partial charge in [-0.15, -0.1) is 0 Å². The van der Waals surface area contributed by atoms with Crippen LogP contribution in [0.4, 0.5) is 5.69 Å². The first-order valence-electron chi connectivity index (χ1n) is 12.2. The maximum absolute atomic E-state index is 13.2. The van der Waals surface area contributed by atoms with Gasteiger partial charge in [0.1, 0.15) is 0 Å². The second-order valence-corrected chi connectivity index (χ2v) is 9.77. The van der Waals surface area contributed by atoms with Crippen LogP contribution < -0.4 is 5.32 Å². The molecule has 0 atom stereocenters. The molecule has 4 heterocycles. The van der Waals surface area contributed by atoms with Gasteiger partial charge in [0, 0.05) is 68.8 Å². The molecule has 0 spiro atoms. The van der Waals surface area contributed by atoms with E-state index in [-0.39, 0.29) is 5.91 Å². The molecule has 9 nitrogen and oxygen atoms in total. The van der Waals surface area contributed by atoms with Crippen molar-refractivity contribution in [3.63, 3.8) is 0 Å². The Morgan fingerprint density at radius 2 is 1.75 bits per heavy atom. The molecule has 0 unspecified atom stereocenters. The zero-order valence-corrected chi connectivity index (χ0v) is 21.0. The number of nitrogens with one attached hydrogen (secondary N) is 2. The third-order valence-electron chi connectivity index (χ3n) is 6.46. The number of amides is 1. The molecule has 0 aliphatic carbocycles. The van der Waals surface area contributed by atoms with Crippen molar-refractivity contribution in [1.29, 1.82) is 0 Å². The van der Waals surface area contributed by atoms with Crippen LogP contribution in [-0.4, -0.2) is 88.1 Å². The lowest BCUT2D eigenvalue weighted by atomic mass is 10.0. The number of likely N-dealkylation sites (N-methyl/N-ethyl adjacent to an activating group) is 1. The molecule has 1 aromatic carbocycles. The summed E-state index contributed by atoms with van der Waals surface area (Å²) in [5.41, 5.74) is 6.03. The Bertz CT molecular complexity index is 1360. The van der Waals surface area contributed by atoms with Crippen LogP contribution in [0.2, 0.25) is 0 Å². The number of aromatic amines is 1. The molecule has 0 bridgehead atoms. The average Bonchev–Trinajstić information content (AvgIpc) is 3.29. The average molecular weight is 485 g/mol.